The summed E-state index contributed by atoms with van der Waals surface area (Å²) in [5, 5.41) is 7.94. The fourth-order valence-corrected chi connectivity index (χ4v) is 2.70. The molecule has 1 aromatic heterocycles. The van der Waals surface area contributed by atoms with Crippen LogP contribution < -0.4 is 10.7 Å². The normalized spacial score (nSPS) is 11.1. The van der Waals surface area contributed by atoms with Crippen LogP contribution in [-0.4, -0.2) is 22.1 Å². The van der Waals surface area contributed by atoms with Crippen molar-refractivity contribution in [3.63, 3.8) is 0 Å². The van der Waals surface area contributed by atoms with E-state index in [1.54, 1.807) is 43.5 Å². The SMILES string of the molecule is Cc1c(C#Cc2cnc(/C=C\C=[NH2+])[nH]2)cccc1NC(=O)c1cccc(C(F)(F)F)c1. The van der Waals surface area contributed by atoms with E-state index in [1.807, 2.05) is 0 Å². The highest BCUT2D eigenvalue weighted by Gasteiger charge is 2.30. The van der Waals surface area contributed by atoms with E-state index >= 15 is 0 Å². The molecule has 0 bridgehead atoms. The monoisotopic (exact) mass is 423 g/mol. The zero-order valence-corrected chi connectivity index (χ0v) is 16.4. The third-order valence-corrected chi connectivity index (χ3v) is 4.33. The fourth-order valence-electron chi connectivity index (χ4n) is 2.70. The first-order valence-corrected chi connectivity index (χ1v) is 9.15. The molecular formula is C23H18F3N4O+. The van der Waals surface area contributed by atoms with Gasteiger partial charge in [-0.2, -0.15) is 13.2 Å². The molecule has 4 N–H and O–H groups in total. The molecule has 1 amide bonds. The fraction of sp³-hybridized carbons (Fsp3) is 0.0870. The minimum absolute atomic E-state index is 0.0847. The van der Waals surface area contributed by atoms with E-state index in [1.165, 1.54) is 18.3 Å². The Balaban J connectivity index is 1.80. The number of halogens is 3. The van der Waals surface area contributed by atoms with Crippen LogP contribution in [0.1, 0.15) is 38.6 Å². The molecule has 0 fully saturated rings. The maximum Gasteiger partial charge on any atom is 0.416 e. The molecule has 0 saturated heterocycles. The first-order chi connectivity index (χ1) is 14.8. The number of aromatic amines is 1. The number of nitrogens with zero attached hydrogens (tertiary/aromatic N) is 1. The smallest absolute Gasteiger partial charge is 0.332 e. The number of carbonyl (C=O) groups excluding carboxylic acids is 1. The lowest BCUT2D eigenvalue weighted by Crippen LogP contribution is -2.28. The van der Waals surface area contributed by atoms with Crippen molar-refractivity contribution in [3.8, 4) is 11.8 Å². The van der Waals surface area contributed by atoms with Gasteiger partial charge in [0.15, 0.2) is 6.21 Å². The predicted molar refractivity (Wildman–Crippen MR) is 112 cm³/mol. The molecular weight excluding hydrogens is 405 g/mol. The Hall–Kier alpha value is -4.12. The number of carbonyl (C=O) groups is 1. The van der Waals surface area contributed by atoms with E-state index in [0.29, 0.717) is 28.3 Å². The molecule has 31 heavy (non-hydrogen) atoms. The summed E-state index contributed by atoms with van der Waals surface area (Å²) in [5.74, 6) is 5.92. The summed E-state index contributed by atoms with van der Waals surface area (Å²) in [6, 6.07) is 9.42. The third-order valence-electron chi connectivity index (χ3n) is 4.33. The molecule has 5 nitrogen and oxygen atoms in total. The molecule has 0 radical (unpaired) electrons. The minimum Gasteiger partial charge on any atom is -0.332 e. The summed E-state index contributed by atoms with van der Waals surface area (Å²) >= 11 is 0. The van der Waals surface area contributed by atoms with Crippen molar-refractivity contribution in [2.24, 2.45) is 0 Å². The quantitative estimate of drug-likeness (QED) is 0.445. The van der Waals surface area contributed by atoms with Crippen molar-refractivity contribution in [1.29, 1.82) is 0 Å². The molecule has 0 aliphatic rings. The molecule has 0 aliphatic carbocycles. The van der Waals surface area contributed by atoms with Crippen LogP contribution in [0.15, 0.2) is 54.7 Å². The molecule has 0 aliphatic heterocycles. The van der Waals surface area contributed by atoms with E-state index in [9.17, 15) is 18.0 Å². The molecule has 0 saturated carbocycles. The van der Waals surface area contributed by atoms with Crippen LogP contribution in [0.25, 0.3) is 6.08 Å². The molecule has 156 valence electrons. The average molecular weight is 423 g/mol. The van der Waals surface area contributed by atoms with Gasteiger partial charge in [0.2, 0.25) is 0 Å². The van der Waals surface area contributed by atoms with Gasteiger partial charge in [0, 0.05) is 22.9 Å². The van der Waals surface area contributed by atoms with Crippen molar-refractivity contribution in [2.75, 3.05) is 5.32 Å². The van der Waals surface area contributed by atoms with Crippen LogP contribution in [0.2, 0.25) is 0 Å². The van der Waals surface area contributed by atoms with Crippen LogP contribution in [0.3, 0.4) is 0 Å². The summed E-state index contributed by atoms with van der Waals surface area (Å²) in [5.41, 5.74) is 1.43. The third kappa shape index (κ3) is 5.48. The predicted octanol–water partition coefficient (Wildman–Crippen LogP) is 3.23. The van der Waals surface area contributed by atoms with Gasteiger partial charge in [-0.25, -0.2) is 4.98 Å². The van der Waals surface area contributed by atoms with Crippen LogP contribution in [0.4, 0.5) is 18.9 Å². The van der Waals surface area contributed by atoms with E-state index < -0.39 is 17.6 Å². The zero-order valence-electron chi connectivity index (χ0n) is 16.4. The number of H-pyrrole nitrogens is 1. The number of imidazole rings is 1. The molecule has 0 unspecified atom stereocenters. The van der Waals surface area contributed by atoms with E-state index in [0.717, 1.165) is 12.1 Å². The number of anilines is 1. The Kier molecular flexibility index (Phi) is 6.36. The highest BCUT2D eigenvalue weighted by molar-refractivity contribution is 6.04. The molecule has 3 rings (SSSR count). The molecule has 8 heteroatoms. The van der Waals surface area contributed by atoms with Gasteiger partial charge in [-0.1, -0.05) is 18.1 Å². The van der Waals surface area contributed by atoms with Crippen molar-refractivity contribution >= 4 is 23.9 Å². The van der Waals surface area contributed by atoms with Gasteiger partial charge in [-0.05, 0) is 54.8 Å². The van der Waals surface area contributed by atoms with Gasteiger partial charge < -0.3 is 10.3 Å². The van der Waals surface area contributed by atoms with Gasteiger partial charge in [0.05, 0.1) is 11.8 Å². The maximum absolute atomic E-state index is 12.9. The Morgan fingerprint density at radius 3 is 2.71 bits per heavy atom. The standard InChI is InChI=1S/C23H17F3N4O/c1-15-16(10-11-19-14-28-21(29-19)9-4-12-27)5-3-8-20(15)30-22(31)17-6-2-7-18(13-17)23(24,25)26/h2-9,12-14,27H,1H3,(H,28,29)(H,30,31)/p+1/b9-4-,27-12?. The molecule has 0 spiro atoms. The van der Waals surface area contributed by atoms with E-state index in [2.05, 4.69) is 27.1 Å². The minimum atomic E-state index is -4.52. The number of amides is 1. The average Bonchev–Trinajstić information content (AvgIpc) is 3.20. The van der Waals surface area contributed by atoms with E-state index in [-0.39, 0.29) is 5.56 Å². The number of nitrogens with one attached hydrogen (secondary N) is 2. The number of nitrogens with two attached hydrogens (primary N) is 1. The van der Waals surface area contributed by atoms with Crippen LogP contribution in [0, 0.1) is 18.8 Å². The van der Waals surface area contributed by atoms with Crippen molar-refractivity contribution < 1.29 is 23.4 Å². The second-order valence-corrected chi connectivity index (χ2v) is 6.49. The summed E-state index contributed by atoms with van der Waals surface area (Å²) in [6.45, 7) is 1.77. The first-order valence-electron chi connectivity index (χ1n) is 9.15. The maximum atomic E-state index is 12.9. The van der Waals surface area contributed by atoms with Gasteiger partial charge in [0.1, 0.15) is 11.5 Å². The Labute approximate surface area is 176 Å². The summed E-state index contributed by atoms with van der Waals surface area (Å²) < 4.78 is 38.7. The molecule has 2 aromatic carbocycles. The van der Waals surface area contributed by atoms with Crippen LogP contribution in [0.5, 0.6) is 0 Å². The van der Waals surface area contributed by atoms with Crippen molar-refractivity contribution in [2.45, 2.75) is 13.1 Å². The number of hydrogen-bond donors (Lipinski definition) is 3. The second kappa shape index (κ2) is 9.13. The summed E-state index contributed by atoms with van der Waals surface area (Å²) in [7, 11) is 0. The Morgan fingerprint density at radius 1 is 1.19 bits per heavy atom. The highest BCUT2D eigenvalue weighted by atomic mass is 19.4. The van der Waals surface area contributed by atoms with Gasteiger partial charge in [-0.3, -0.25) is 10.2 Å². The van der Waals surface area contributed by atoms with Crippen LogP contribution in [-0.2, 0) is 6.18 Å². The number of alkyl halides is 3. The number of allylic oxidation sites excluding steroid dienone is 1. The molecule has 3 aromatic rings. The van der Waals surface area contributed by atoms with Crippen molar-refractivity contribution in [3.05, 3.63) is 88.5 Å². The topological polar surface area (TPSA) is 83.4 Å². The number of aromatic nitrogens is 2. The lowest BCUT2D eigenvalue weighted by Gasteiger charge is -2.11. The summed E-state index contributed by atoms with van der Waals surface area (Å²) in [4.78, 5) is 19.6. The molecule has 0 atom stereocenters. The van der Waals surface area contributed by atoms with E-state index in [4.69, 9.17) is 5.41 Å². The Bertz CT molecular complexity index is 1210. The van der Waals surface area contributed by atoms with Gasteiger partial charge >= 0.3 is 6.18 Å². The highest BCUT2D eigenvalue weighted by Crippen LogP contribution is 2.29. The van der Waals surface area contributed by atoms with Gasteiger partial charge in [-0.15, -0.1) is 0 Å². The number of benzene rings is 2. The Morgan fingerprint density at radius 2 is 1.97 bits per heavy atom. The van der Waals surface area contributed by atoms with Gasteiger partial charge in [0.25, 0.3) is 5.91 Å². The van der Waals surface area contributed by atoms with Crippen molar-refractivity contribution in [1.82, 2.24) is 9.97 Å². The zero-order chi connectivity index (χ0) is 22.4. The number of rotatable bonds is 4. The van der Waals surface area contributed by atoms with Crippen LogP contribution >= 0.6 is 0 Å². The lowest BCUT2D eigenvalue weighted by atomic mass is 10.1. The number of hydrogen-bond acceptors (Lipinski definition) is 2. The first kappa shape index (κ1) is 21.6. The second-order valence-electron chi connectivity index (χ2n) is 6.49. The largest absolute Gasteiger partial charge is 0.416 e. The summed E-state index contributed by atoms with van der Waals surface area (Å²) in [6.07, 6.45) is 1.78. The molecule has 1 heterocycles. The lowest BCUT2D eigenvalue weighted by molar-refractivity contribution is -0.137.